The Bertz CT molecular complexity index is 542. The number of nitrogens with one attached hydrogen (secondary N) is 1. The van der Waals surface area contributed by atoms with Crippen LogP contribution in [0.4, 0.5) is 18.9 Å². The lowest BCUT2D eigenvalue weighted by atomic mass is 10.1. The van der Waals surface area contributed by atoms with E-state index in [4.69, 9.17) is 5.14 Å². The minimum absolute atomic E-state index is 0.0706. The number of hydrogen-bond donors (Lipinski definition) is 2. The lowest BCUT2D eigenvalue weighted by Crippen LogP contribution is -2.17. The number of hydrogen-bond acceptors (Lipinski definition) is 3. The van der Waals surface area contributed by atoms with Crippen LogP contribution in [-0.4, -0.2) is 20.6 Å². The van der Waals surface area contributed by atoms with Crippen LogP contribution in [0.3, 0.4) is 0 Å². The first-order valence-corrected chi connectivity index (χ1v) is 8.19. The molecule has 1 aromatic carbocycles. The number of primary sulfonamides is 1. The van der Waals surface area contributed by atoms with E-state index in [0.29, 0.717) is 12.0 Å². The molecule has 4 nitrogen and oxygen atoms in total. The van der Waals surface area contributed by atoms with Crippen LogP contribution in [-0.2, 0) is 15.8 Å². The molecular weight excluding hydrogens is 305 g/mol. The number of alkyl halides is 3. The maximum Gasteiger partial charge on any atom is 0.389 e. The van der Waals surface area contributed by atoms with E-state index in [0.717, 1.165) is 5.69 Å². The van der Waals surface area contributed by atoms with Gasteiger partial charge in [0.2, 0.25) is 10.0 Å². The first-order valence-electron chi connectivity index (χ1n) is 6.48. The van der Waals surface area contributed by atoms with Gasteiger partial charge in [-0.05, 0) is 37.5 Å². The fourth-order valence-electron chi connectivity index (χ4n) is 1.89. The molecular formula is C13H19F3N2O2S. The molecule has 1 atom stereocenters. The molecule has 0 saturated heterocycles. The van der Waals surface area contributed by atoms with E-state index in [9.17, 15) is 21.6 Å². The smallest absolute Gasteiger partial charge is 0.383 e. The quantitative estimate of drug-likeness (QED) is 0.810. The van der Waals surface area contributed by atoms with E-state index < -0.39 is 22.6 Å². The van der Waals surface area contributed by atoms with Crippen LogP contribution < -0.4 is 10.5 Å². The van der Waals surface area contributed by atoms with Gasteiger partial charge in [-0.1, -0.05) is 12.1 Å². The Hall–Kier alpha value is -1.28. The van der Waals surface area contributed by atoms with Gasteiger partial charge >= 0.3 is 6.18 Å². The van der Waals surface area contributed by atoms with Gasteiger partial charge in [0.1, 0.15) is 0 Å². The Kier molecular flexibility index (Phi) is 6.03. The van der Waals surface area contributed by atoms with Crippen LogP contribution >= 0.6 is 0 Å². The second kappa shape index (κ2) is 7.13. The van der Waals surface area contributed by atoms with Crippen LogP contribution in [0.2, 0.25) is 0 Å². The molecule has 0 aliphatic rings. The van der Waals surface area contributed by atoms with E-state index in [-0.39, 0.29) is 18.2 Å². The molecule has 0 bridgehead atoms. The fraction of sp³-hybridized carbons (Fsp3) is 0.538. The predicted octanol–water partition coefficient (Wildman–Crippen LogP) is 3.01. The molecule has 1 rings (SSSR count). The Morgan fingerprint density at radius 1 is 1.24 bits per heavy atom. The summed E-state index contributed by atoms with van der Waals surface area (Å²) >= 11 is 0. The van der Waals surface area contributed by atoms with Gasteiger partial charge < -0.3 is 5.32 Å². The maximum absolute atomic E-state index is 12.0. The van der Waals surface area contributed by atoms with Crippen LogP contribution in [0, 0.1) is 0 Å². The van der Waals surface area contributed by atoms with Gasteiger partial charge in [0.25, 0.3) is 0 Å². The highest BCUT2D eigenvalue weighted by Crippen LogP contribution is 2.23. The Balaban J connectivity index is 2.44. The van der Waals surface area contributed by atoms with Gasteiger partial charge in [-0.3, -0.25) is 0 Å². The molecule has 0 fully saturated rings. The predicted molar refractivity (Wildman–Crippen MR) is 76.2 cm³/mol. The maximum atomic E-state index is 12.0. The van der Waals surface area contributed by atoms with E-state index in [1.54, 1.807) is 31.2 Å². The number of halogens is 3. The normalized spacial score (nSPS) is 14.0. The third-order valence-corrected chi connectivity index (χ3v) is 3.57. The van der Waals surface area contributed by atoms with Gasteiger partial charge in [-0.25, -0.2) is 13.6 Å². The summed E-state index contributed by atoms with van der Waals surface area (Å²) in [7, 11) is -3.57. The molecule has 8 heteroatoms. The zero-order valence-electron chi connectivity index (χ0n) is 11.7. The summed E-state index contributed by atoms with van der Waals surface area (Å²) in [6.07, 6.45) is -4.43. The molecule has 0 aliphatic carbocycles. The van der Waals surface area contributed by atoms with Crippen molar-refractivity contribution in [2.75, 3.05) is 5.32 Å². The van der Waals surface area contributed by atoms with Crippen molar-refractivity contribution in [3.8, 4) is 0 Å². The van der Waals surface area contributed by atoms with Gasteiger partial charge in [0, 0.05) is 18.2 Å². The van der Waals surface area contributed by atoms with Crippen molar-refractivity contribution in [3.63, 3.8) is 0 Å². The molecule has 0 spiro atoms. The second-order valence-electron chi connectivity index (χ2n) is 5.06. The highest BCUT2D eigenvalue weighted by molar-refractivity contribution is 7.88. The summed E-state index contributed by atoms with van der Waals surface area (Å²) in [4.78, 5) is 0. The third kappa shape index (κ3) is 8.56. The van der Waals surface area contributed by atoms with Gasteiger partial charge in [-0.2, -0.15) is 13.2 Å². The lowest BCUT2D eigenvalue weighted by Gasteiger charge is -2.16. The number of rotatable bonds is 7. The van der Waals surface area contributed by atoms with E-state index in [1.807, 2.05) is 0 Å². The van der Waals surface area contributed by atoms with E-state index in [1.165, 1.54) is 0 Å². The summed E-state index contributed by atoms with van der Waals surface area (Å²) in [5.74, 6) is -0.242. The molecule has 0 radical (unpaired) electrons. The van der Waals surface area contributed by atoms with Crippen LogP contribution in [0.15, 0.2) is 24.3 Å². The summed E-state index contributed by atoms with van der Waals surface area (Å²) in [5.41, 5.74) is 1.29. The van der Waals surface area contributed by atoms with Crippen molar-refractivity contribution in [2.24, 2.45) is 5.14 Å². The standard InChI is InChI=1S/C13H19F3N2O2S/c1-10(3-2-8-13(14,15)16)18-12-6-4-11(5-7-12)9-21(17,19)20/h4-7,10,18H,2-3,8-9H2,1H3,(H2,17,19,20). The average molecular weight is 324 g/mol. The topological polar surface area (TPSA) is 72.2 Å². The fourth-order valence-corrected chi connectivity index (χ4v) is 2.55. The van der Waals surface area contributed by atoms with Crippen molar-refractivity contribution in [3.05, 3.63) is 29.8 Å². The Morgan fingerprint density at radius 3 is 2.29 bits per heavy atom. The van der Waals surface area contributed by atoms with E-state index in [2.05, 4.69) is 5.32 Å². The van der Waals surface area contributed by atoms with Gasteiger partial charge in [-0.15, -0.1) is 0 Å². The lowest BCUT2D eigenvalue weighted by molar-refractivity contribution is -0.135. The van der Waals surface area contributed by atoms with Crippen molar-refractivity contribution in [1.82, 2.24) is 0 Å². The largest absolute Gasteiger partial charge is 0.389 e. The first kappa shape index (κ1) is 17.8. The highest BCUT2D eigenvalue weighted by atomic mass is 32.2. The zero-order valence-corrected chi connectivity index (χ0v) is 12.5. The number of nitrogens with two attached hydrogens (primary N) is 1. The van der Waals surface area contributed by atoms with Crippen molar-refractivity contribution in [1.29, 1.82) is 0 Å². The van der Waals surface area contributed by atoms with Crippen molar-refractivity contribution in [2.45, 2.75) is 44.2 Å². The third-order valence-electron chi connectivity index (χ3n) is 2.83. The molecule has 120 valence electrons. The van der Waals surface area contributed by atoms with Crippen molar-refractivity contribution < 1.29 is 21.6 Å². The average Bonchev–Trinajstić information content (AvgIpc) is 2.28. The first-order chi connectivity index (χ1) is 9.55. The van der Waals surface area contributed by atoms with Gasteiger partial charge in [0.15, 0.2) is 0 Å². The number of sulfonamides is 1. The molecule has 21 heavy (non-hydrogen) atoms. The van der Waals surface area contributed by atoms with Crippen LogP contribution in [0.5, 0.6) is 0 Å². The summed E-state index contributed by atoms with van der Waals surface area (Å²) in [6, 6.07) is 6.50. The highest BCUT2D eigenvalue weighted by Gasteiger charge is 2.26. The number of anilines is 1. The molecule has 1 unspecified atom stereocenters. The minimum Gasteiger partial charge on any atom is -0.383 e. The van der Waals surface area contributed by atoms with Gasteiger partial charge in [0.05, 0.1) is 5.75 Å². The Morgan fingerprint density at radius 2 is 1.81 bits per heavy atom. The second-order valence-corrected chi connectivity index (χ2v) is 6.67. The molecule has 0 saturated carbocycles. The monoisotopic (exact) mass is 324 g/mol. The SMILES string of the molecule is CC(CCCC(F)(F)F)Nc1ccc(CS(N)(=O)=O)cc1. The molecule has 3 N–H and O–H groups in total. The summed E-state index contributed by atoms with van der Waals surface area (Å²) in [5, 5.41) is 8.01. The molecule has 0 amide bonds. The molecule has 1 aromatic rings. The minimum atomic E-state index is -4.12. The summed E-state index contributed by atoms with van der Waals surface area (Å²) in [6.45, 7) is 1.80. The van der Waals surface area contributed by atoms with Crippen molar-refractivity contribution >= 4 is 15.7 Å². The molecule has 0 aromatic heterocycles. The number of benzene rings is 1. The molecule has 0 heterocycles. The summed E-state index contributed by atoms with van der Waals surface area (Å²) < 4.78 is 58.0. The van der Waals surface area contributed by atoms with Crippen LogP contribution in [0.25, 0.3) is 0 Å². The van der Waals surface area contributed by atoms with E-state index >= 15 is 0 Å². The molecule has 0 aliphatic heterocycles. The zero-order chi connectivity index (χ0) is 16.1. The van der Waals surface area contributed by atoms with Crippen LogP contribution in [0.1, 0.15) is 31.7 Å². The Labute approximate surface area is 122 Å².